The van der Waals surface area contributed by atoms with Crippen LogP contribution >= 0.6 is 0 Å². The number of nitrogens with zero attached hydrogens (tertiary/aromatic N) is 5. The molecule has 1 aliphatic heterocycles. The van der Waals surface area contributed by atoms with Crippen molar-refractivity contribution in [2.75, 3.05) is 13.1 Å². The number of likely N-dealkylation sites (tertiary alicyclic amines) is 1. The molecule has 7 heteroatoms. The first-order valence-electron chi connectivity index (χ1n) is 9.18. The molecule has 2 atom stereocenters. The second kappa shape index (κ2) is 6.97. The maximum absolute atomic E-state index is 12.2. The molecule has 7 nitrogen and oxygen atoms in total. The van der Waals surface area contributed by atoms with Crippen molar-refractivity contribution < 1.29 is 9.90 Å². The van der Waals surface area contributed by atoms with Gasteiger partial charge in [-0.05, 0) is 25.8 Å². The van der Waals surface area contributed by atoms with Gasteiger partial charge in [-0.1, -0.05) is 18.2 Å². The Hall–Kier alpha value is -2.98. The number of amides is 1. The Morgan fingerprint density at radius 1 is 1.41 bits per heavy atom. The second-order valence-corrected chi connectivity index (χ2v) is 7.00. The van der Waals surface area contributed by atoms with E-state index in [0.717, 1.165) is 34.8 Å². The number of carbonyl (C=O) groups excluding carboxylic acids is 1. The van der Waals surface area contributed by atoms with Gasteiger partial charge in [0.15, 0.2) is 0 Å². The van der Waals surface area contributed by atoms with Crippen molar-refractivity contribution in [2.45, 2.75) is 38.3 Å². The van der Waals surface area contributed by atoms with Crippen LogP contribution in [-0.2, 0) is 4.79 Å². The van der Waals surface area contributed by atoms with Gasteiger partial charge in [0.25, 0.3) is 0 Å². The summed E-state index contributed by atoms with van der Waals surface area (Å²) in [6, 6.07) is 9.82. The van der Waals surface area contributed by atoms with E-state index in [1.165, 1.54) is 0 Å². The Morgan fingerprint density at radius 2 is 2.22 bits per heavy atom. The number of hydrogen-bond acceptors (Lipinski definition) is 5. The maximum Gasteiger partial charge on any atom is 0.236 e. The zero-order valence-electron chi connectivity index (χ0n) is 15.2. The predicted molar refractivity (Wildman–Crippen MR) is 101 cm³/mol. The first-order valence-corrected chi connectivity index (χ1v) is 9.18. The van der Waals surface area contributed by atoms with E-state index in [0.29, 0.717) is 18.9 Å². The van der Waals surface area contributed by atoms with Crippen LogP contribution in [0.5, 0.6) is 0 Å². The fourth-order valence-corrected chi connectivity index (χ4v) is 3.98. The summed E-state index contributed by atoms with van der Waals surface area (Å²) in [6.45, 7) is 2.88. The van der Waals surface area contributed by atoms with Gasteiger partial charge in [-0.3, -0.25) is 9.78 Å². The summed E-state index contributed by atoms with van der Waals surface area (Å²) < 4.78 is 2.08. The molecular formula is C20H21N5O2. The zero-order chi connectivity index (χ0) is 19.0. The fraction of sp³-hybridized carbons (Fsp3) is 0.400. The first kappa shape index (κ1) is 17.4. The molecule has 0 spiro atoms. The van der Waals surface area contributed by atoms with Gasteiger partial charge in [0, 0.05) is 18.5 Å². The number of fused-ring (bicyclic) bond motifs is 3. The standard InChI is InChI=1S/C20H21N5O2/c1-13(26)20-23-17-11-22-16-7-3-2-6-15(16)19(17)25(20)14-5-4-10-24(12-14)18(27)8-9-21/h2-3,6-7,11,13-14,26H,4-5,8,10,12H2,1H3. The van der Waals surface area contributed by atoms with E-state index >= 15 is 0 Å². The third kappa shape index (κ3) is 3.02. The predicted octanol–water partition coefficient (Wildman–Crippen LogP) is 2.71. The third-order valence-corrected chi connectivity index (χ3v) is 5.17. The zero-order valence-corrected chi connectivity index (χ0v) is 15.2. The minimum Gasteiger partial charge on any atom is -0.385 e. The highest BCUT2D eigenvalue weighted by atomic mass is 16.3. The molecule has 0 radical (unpaired) electrons. The number of para-hydroxylation sites is 1. The summed E-state index contributed by atoms with van der Waals surface area (Å²) in [7, 11) is 0. The van der Waals surface area contributed by atoms with E-state index in [4.69, 9.17) is 5.26 Å². The smallest absolute Gasteiger partial charge is 0.236 e. The van der Waals surface area contributed by atoms with E-state index in [1.807, 2.05) is 30.3 Å². The van der Waals surface area contributed by atoms with Crippen LogP contribution in [0.15, 0.2) is 30.5 Å². The van der Waals surface area contributed by atoms with E-state index in [-0.39, 0.29) is 18.4 Å². The van der Waals surface area contributed by atoms with Crippen molar-refractivity contribution in [3.63, 3.8) is 0 Å². The Morgan fingerprint density at radius 3 is 3.00 bits per heavy atom. The largest absolute Gasteiger partial charge is 0.385 e. The van der Waals surface area contributed by atoms with Crippen LogP contribution in [0.25, 0.3) is 21.9 Å². The van der Waals surface area contributed by atoms with Crippen LogP contribution in [0.4, 0.5) is 0 Å². The molecule has 0 aliphatic carbocycles. The summed E-state index contributed by atoms with van der Waals surface area (Å²) in [5.74, 6) is 0.444. The van der Waals surface area contributed by atoms with Gasteiger partial charge in [-0.2, -0.15) is 5.26 Å². The van der Waals surface area contributed by atoms with E-state index in [2.05, 4.69) is 14.5 Å². The van der Waals surface area contributed by atoms with Gasteiger partial charge in [0.2, 0.25) is 5.91 Å². The minimum atomic E-state index is -0.735. The Kier molecular flexibility index (Phi) is 4.50. The minimum absolute atomic E-state index is 0.00167. The maximum atomic E-state index is 12.2. The quantitative estimate of drug-likeness (QED) is 0.772. The van der Waals surface area contributed by atoms with Gasteiger partial charge in [0.05, 0.1) is 29.3 Å². The van der Waals surface area contributed by atoms with E-state index < -0.39 is 6.10 Å². The van der Waals surface area contributed by atoms with E-state index in [1.54, 1.807) is 18.0 Å². The molecular weight excluding hydrogens is 342 g/mol. The number of aliphatic hydroxyl groups excluding tert-OH is 1. The average molecular weight is 363 g/mol. The Labute approximate surface area is 156 Å². The number of pyridine rings is 1. The highest BCUT2D eigenvalue weighted by molar-refractivity contribution is 6.02. The normalized spacial score (nSPS) is 18.6. The molecule has 3 aromatic rings. The van der Waals surface area contributed by atoms with Crippen molar-refractivity contribution in [1.82, 2.24) is 19.4 Å². The van der Waals surface area contributed by atoms with E-state index in [9.17, 15) is 9.90 Å². The molecule has 1 aliphatic rings. The average Bonchev–Trinajstić information content (AvgIpc) is 3.09. The summed E-state index contributed by atoms with van der Waals surface area (Å²) in [5, 5.41) is 20.2. The molecule has 27 heavy (non-hydrogen) atoms. The molecule has 0 saturated carbocycles. The van der Waals surface area contributed by atoms with Crippen LogP contribution in [0, 0.1) is 11.3 Å². The molecule has 1 N–H and O–H groups in total. The number of piperidine rings is 1. The Bertz CT molecular complexity index is 1050. The van der Waals surface area contributed by atoms with Crippen molar-refractivity contribution in [3.05, 3.63) is 36.3 Å². The van der Waals surface area contributed by atoms with Gasteiger partial charge in [0.1, 0.15) is 23.9 Å². The van der Waals surface area contributed by atoms with Crippen molar-refractivity contribution >= 4 is 27.8 Å². The van der Waals surface area contributed by atoms with Gasteiger partial charge >= 0.3 is 0 Å². The van der Waals surface area contributed by atoms with Crippen LogP contribution < -0.4 is 0 Å². The van der Waals surface area contributed by atoms with Crippen molar-refractivity contribution in [1.29, 1.82) is 5.26 Å². The lowest BCUT2D eigenvalue weighted by atomic mass is 10.0. The van der Waals surface area contributed by atoms with Crippen molar-refractivity contribution in [2.24, 2.45) is 0 Å². The SMILES string of the molecule is CC(O)c1nc2cnc3ccccc3c2n1C1CCCN(C(=O)CC#N)C1. The molecule has 2 aromatic heterocycles. The number of imidazole rings is 1. The fourth-order valence-electron chi connectivity index (χ4n) is 3.98. The molecule has 3 heterocycles. The number of rotatable bonds is 3. The number of aliphatic hydroxyl groups is 1. The van der Waals surface area contributed by atoms with Crippen molar-refractivity contribution in [3.8, 4) is 6.07 Å². The van der Waals surface area contributed by atoms with Crippen LogP contribution in [0.3, 0.4) is 0 Å². The highest BCUT2D eigenvalue weighted by Gasteiger charge is 2.29. The molecule has 2 unspecified atom stereocenters. The number of benzene rings is 1. The summed E-state index contributed by atoms with van der Waals surface area (Å²) in [4.78, 5) is 23.1. The molecule has 1 aromatic carbocycles. The molecule has 1 fully saturated rings. The van der Waals surface area contributed by atoms with Gasteiger partial charge in [-0.25, -0.2) is 4.98 Å². The summed E-state index contributed by atoms with van der Waals surface area (Å²) in [6.07, 6.45) is 2.64. The lowest BCUT2D eigenvalue weighted by molar-refractivity contribution is -0.131. The number of hydrogen-bond donors (Lipinski definition) is 1. The molecule has 1 amide bonds. The number of nitriles is 1. The number of aromatic nitrogens is 3. The lowest BCUT2D eigenvalue weighted by Gasteiger charge is -2.34. The molecule has 1 saturated heterocycles. The summed E-state index contributed by atoms with van der Waals surface area (Å²) >= 11 is 0. The number of carbonyl (C=O) groups is 1. The monoisotopic (exact) mass is 363 g/mol. The Balaban J connectivity index is 1.86. The van der Waals surface area contributed by atoms with Gasteiger partial charge < -0.3 is 14.6 Å². The van der Waals surface area contributed by atoms with Crippen LogP contribution in [-0.4, -0.2) is 43.5 Å². The topological polar surface area (TPSA) is 95.0 Å². The molecule has 0 bridgehead atoms. The van der Waals surface area contributed by atoms with Crippen LogP contribution in [0.2, 0.25) is 0 Å². The third-order valence-electron chi connectivity index (χ3n) is 5.17. The molecule has 4 rings (SSSR count). The highest BCUT2D eigenvalue weighted by Crippen LogP contribution is 2.33. The first-order chi connectivity index (χ1) is 13.1. The second-order valence-electron chi connectivity index (χ2n) is 7.00. The van der Waals surface area contributed by atoms with Gasteiger partial charge in [-0.15, -0.1) is 0 Å². The lowest BCUT2D eigenvalue weighted by Crippen LogP contribution is -2.40. The molecule has 138 valence electrons. The summed E-state index contributed by atoms with van der Waals surface area (Å²) in [5.41, 5.74) is 2.55. The van der Waals surface area contributed by atoms with Crippen LogP contribution in [0.1, 0.15) is 44.2 Å².